The quantitative estimate of drug-likeness (QED) is 0.243. The van der Waals surface area contributed by atoms with E-state index < -0.39 is 0 Å². The largest absolute Gasteiger partial charge is 0.495 e. The van der Waals surface area contributed by atoms with E-state index in [0.717, 1.165) is 44.6 Å². The molecule has 1 N–H and O–H groups in total. The van der Waals surface area contributed by atoms with E-state index in [4.69, 9.17) is 0 Å². The van der Waals surface area contributed by atoms with Gasteiger partial charge in [0.05, 0.1) is 6.04 Å². The van der Waals surface area contributed by atoms with Gasteiger partial charge in [-0.3, -0.25) is 0 Å². The van der Waals surface area contributed by atoms with Crippen molar-refractivity contribution >= 4 is 30.1 Å². The lowest BCUT2D eigenvalue weighted by molar-refractivity contribution is 0.767. The van der Waals surface area contributed by atoms with Crippen molar-refractivity contribution in [2.75, 3.05) is 0 Å². The number of aromatic nitrogens is 1. The van der Waals surface area contributed by atoms with E-state index >= 15 is 0 Å². The summed E-state index contributed by atoms with van der Waals surface area (Å²) in [6.07, 6.45) is 4.38. The first kappa shape index (κ1) is 24.1. The second-order valence-corrected chi connectivity index (χ2v) is 10.2. The first-order valence-corrected chi connectivity index (χ1v) is 13.0. The van der Waals surface area contributed by atoms with Crippen molar-refractivity contribution in [1.29, 1.82) is 0 Å². The van der Waals surface area contributed by atoms with Crippen LogP contribution < -0.4 is 5.32 Å². The lowest BCUT2D eigenvalue weighted by Crippen LogP contribution is -2.14. The fourth-order valence-corrected chi connectivity index (χ4v) is 5.57. The summed E-state index contributed by atoms with van der Waals surface area (Å²) in [5.41, 5.74) is 10.7. The molecule has 185 valence electrons. The number of nitrogens with zero attached hydrogens (tertiary/aromatic N) is 1. The second-order valence-electron chi connectivity index (χ2n) is 10.2. The molecule has 4 heteroatoms. The summed E-state index contributed by atoms with van der Waals surface area (Å²) in [5, 5.41) is 5.76. The van der Waals surface area contributed by atoms with Crippen LogP contribution in [0.25, 0.3) is 33.7 Å². The molecule has 1 radical (unpaired) electrons. The van der Waals surface area contributed by atoms with Crippen LogP contribution in [-0.4, -0.2) is 12.2 Å². The highest BCUT2D eigenvalue weighted by atomic mass is 19.1. The van der Waals surface area contributed by atoms with E-state index in [2.05, 4.69) is 117 Å². The SMILES string of the molecule is Cc1ccc(-c2c3ccccc3c(/C=C3\NC(c4ccccc4)C=C3c3cc(C)cc(C)c3)n2[B]F)cc1. The van der Waals surface area contributed by atoms with Crippen molar-refractivity contribution < 1.29 is 4.32 Å². The van der Waals surface area contributed by atoms with E-state index in [1.807, 2.05) is 18.2 Å². The Hall–Kier alpha value is -4.31. The van der Waals surface area contributed by atoms with E-state index in [1.54, 1.807) is 4.48 Å². The van der Waals surface area contributed by atoms with Crippen molar-refractivity contribution in [2.45, 2.75) is 26.8 Å². The fraction of sp³-hybridized carbons (Fsp3) is 0.118. The highest BCUT2D eigenvalue weighted by Crippen LogP contribution is 2.39. The third kappa shape index (κ3) is 4.37. The Morgan fingerprint density at radius 1 is 0.737 bits per heavy atom. The molecule has 38 heavy (non-hydrogen) atoms. The number of fused-ring (bicyclic) bond motifs is 1. The number of halogens is 1. The molecule has 0 fully saturated rings. The number of aryl methyl sites for hydroxylation is 3. The van der Waals surface area contributed by atoms with Gasteiger partial charge in [0.25, 0.3) is 0 Å². The molecule has 0 saturated carbocycles. The number of benzene rings is 4. The van der Waals surface area contributed by atoms with Gasteiger partial charge >= 0.3 is 7.69 Å². The van der Waals surface area contributed by atoms with Gasteiger partial charge in [0, 0.05) is 33.4 Å². The Bertz CT molecular complexity index is 1670. The van der Waals surface area contributed by atoms with E-state index in [1.165, 1.54) is 22.3 Å². The molecule has 1 aromatic heterocycles. The highest BCUT2D eigenvalue weighted by molar-refractivity contribution is 6.29. The monoisotopic (exact) mass is 495 g/mol. The molecule has 6 rings (SSSR count). The minimum absolute atomic E-state index is 0.0267. The molecule has 1 aliphatic heterocycles. The van der Waals surface area contributed by atoms with Gasteiger partial charge in [0.2, 0.25) is 0 Å². The molecule has 0 bridgehead atoms. The lowest BCUT2D eigenvalue weighted by atomic mass is 9.98. The predicted octanol–water partition coefficient (Wildman–Crippen LogP) is 8.35. The maximum absolute atomic E-state index is 14.8. The first-order chi connectivity index (χ1) is 18.5. The molecular formula is C34H29BFN2. The standard InChI is InChI=1S/C34H29BFN2/c1-22-13-15-26(16-14-22)34-29-12-8-7-11-28(29)33(38(34)35-36)21-32-30(27-18-23(2)17-24(3)19-27)20-31(37-32)25-9-5-4-6-10-25/h4-21,31,37H,1-3H3/b32-21-. The van der Waals surface area contributed by atoms with Crippen LogP contribution in [-0.2, 0) is 0 Å². The van der Waals surface area contributed by atoms with E-state index in [9.17, 15) is 4.32 Å². The third-order valence-electron chi connectivity index (χ3n) is 7.29. The zero-order valence-corrected chi connectivity index (χ0v) is 21.9. The molecule has 4 aromatic carbocycles. The van der Waals surface area contributed by atoms with Crippen molar-refractivity contribution in [1.82, 2.24) is 9.79 Å². The number of rotatable bonds is 5. The Morgan fingerprint density at radius 3 is 2.08 bits per heavy atom. The summed E-state index contributed by atoms with van der Waals surface area (Å²) < 4.78 is 16.4. The zero-order valence-electron chi connectivity index (χ0n) is 21.9. The topological polar surface area (TPSA) is 17.0 Å². The Kier molecular flexibility index (Phi) is 6.25. The van der Waals surface area contributed by atoms with Crippen LogP contribution in [0.3, 0.4) is 0 Å². The van der Waals surface area contributed by atoms with Gasteiger partial charge < -0.3 is 14.1 Å². The molecule has 0 amide bonds. The number of hydrogen-bond donors (Lipinski definition) is 1. The Balaban J connectivity index is 1.56. The highest BCUT2D eigenvalue weighted by Gasteiger charge is 2.25. The van der Waals surface area contributed by atoms with Gasteiger partial charge in [0.15, 0.2) is 0 Å². The third-order valence-corrected chi connectivity index (χ3v) is 7.29. The summed E-state index contributed by atoms with van der Waals surface area (Å²) in [5.74, 6) is 0. The summed E-state index contributed by atoms with van der Waals surface area (Å²) in [7, 11) is 0.686. The van der Waals surface area contributed by atoms with Gasteiger partial charge in [-0.2, -0.15) is 0 Å². The normalized spacial score (nSPS) is 16.1. The molecule has 1 unspecified atom stereocenters. The first-order valence-electron chi connectivity index (χ1n) is 13.0. The van der Waals surface area contributed by atoms with Gasteiger partial charge in [-0.15, -0.1) is 0 Å². The summed E-state index contributed by atoms with van der Waals surface area (Å²) >= 11 is 0. The molecule has 0 spiro atoms. The molecule has 2 nitrogen and oxygen atoms in total. The molecule has 5 aromatic rings. The Morgan fingerprint density at radius 2 is 1.39 bits per heavy atom. The van der Waals surface area contributed by atoms with Crippen LogP contribution in [0.15, 0.2) is 109 Å². The lowest BCUT2D eigenvalue weighted by Gasteiger charge is -2.14. The molecule has 0 saturated heterocycles. The molecular weight excluding hydrogens is 466 g/mol. The number of nitrogens with one attached hydrogen (secondary N) is 1. The molecule has 1 aliphatic rings. The minimum atomic E-state index is 0.0267. The summed E-state index contributed by atoms with van der Waals surface area (Å²) in [4.78, 5) is 0. The smallest absolute Gasteiger partial charge is 0.374 e. The minimum Gasteiger partial charge on any atom is -0.374 e. The van der Waals surface area contributed by atoms with Crippen LogP contribution in [0, 0.1) is 20.8 Å². The maximum Gasteiger partial charge on any atom is 0.495 e. The number of hydrogen-bond acceptors (Lipinski definition) is 1. The van der Waals surface area contributed by atoms with Crippen LogP contribution in [0.2, 0.25) is 0 Å². The average molecular weight is 495 g/mol. The summed E-state index contributed by atoms with van der Waals surface area (Å²) in [6.45, 7) is 6.32. The van der Waals surface area contributed by atoms with Crippen LogP contribution in [0.5, 0.6) is 0 Å². The molecule has 0 aliphatic carbocycles. The van der Waals surface area contributed by atoms with Crippen molar-refractivity contribution in [2.24, 2.45) is 0 Å². The van der Waals surface area contributed by atoms with E-state index in [0.29, 0.717) is 7.69 Å². The average Bonchev–Trinajstić information content (AvgIpc) is 3.49. The predicted molar refractivity (Wildman–Crippen MR) is 159 cm³/mol. The number of allylic oxidation sites excluding steroid dienone is 1. The maximum atomic E-state index is 14.8. The second kappa shape index (κ2) is 9.87. The van der Waals surface area contributed by atoms with Crippen molar-refractivity contribution in [3.8, 4) is 11.3 Å². The van der Waals surface area contributed by atoms with Crippen molar-refractivity contribution in [3.05, 3.63) is 142 Å². The molecule has 1 atom stereocenters. The zero-order chi connectivity index (χ0) is 26.2. The van der Waals surface area contributed by atoms with E-state index in [-0.39, 0.29) is 6.04 Å². The fourth-order valence-electron chi connectivity index (χ4n) is 5.57. The van der Waals surface area contributed by atoms with Crippen LogP contribution in [0.1, 0.15) is 39.6 Å². The molecule has 2 heterocycles. The Labute approximate surface area is 224 Å². The van der Waals surface area contributed by atoms with Gasteiger partial charge in [-0.05, 0) is 49.6 Å². The van der Waals surface area contributed by atoms with Gasteiger partial charge in [-0.1, -0.05) is 114 Å². The van der Waals surface area contributed by atoms with Gasteiger partial charge in [0.1, 0.15) is 0 Å². The summed E-state index contributed by atoms with van der Waals surface area (Å²) in [6, 6.07) is 33.5. The van der Waals surface area contributed by atoms with Gasteiger partial charge in [-0.25, -0.2) is 0 Å². The van der Waals surface area contributed by atoms with Crippen molar-refractivity contribution in [3.63, 3.8) is 0 Å². The van der Waals surface area contributed by atoms with Crippen LogP contribution >= 0.6 is 0 Å². The van der Waals surface area contributed by atoms with Crippen LogP contribution in [0.4, 0.5) is 4.32 Å².